The summed E-state index contributed by atoms with van der Waals surface area (Å²) in [5, 5.41) is 0. The summed E-state index contributed by atoms with van der Waals surface area (Å²) >= 11 is 0. The van der Waals surface area contributed by atoms with E-state index in [-0.39, 0.29) is 0 Å². The van der Waals surface area contributed by atoms with Crippen LogP contribution in [0, 0.1) is 0 Å². The van der Waals surface area contributed by atoms with Crippen LogP contribution in [0.2, 0.25) is 0 Å². The van der Waals surface area contributed by atoms with Gasteiger partial charge >= 0.3 is 0 Å². The molecule has 0 aliphatic heterocycles. The molecule has 1 atom stereocenters. The minimum Gasteiger partial charge on any atom is -0.374 e. The molecule has 2 heteroatoms. The van der Waals surface area contributed by atoms with E-state index in [9.17, 15) is 4.89 Å². The molecular formula is C19H41OP. The summed E-state index contributed by atoms with van der Waals surface area (Å²) in [5.41, 5.74) is 0. The second-order valence-electron chi connectivity index (χ2n) is 6.68. The van der Waals surface area contributed by atoms with Gasteiger partial charge in [0, 0.05) is 8.15 Å². The van der Waals surface area contributed by atoms with E-state index in [1.807, 2.05) is 6.66 Å². The first-order valence-corrected chi connectivity index (χ1v) is 11.6. The molecule has 0 saturated carbocycles. The van der Waals surface area contributed by atoms with E-state index in [1.54, 1.807) is 0 Å². The fraction of sp³-hybridized carbons (Fsp3) is 1.00. The topological polar surface area (TPSA) is 20.2 Å². The molecule has 0 aromatic carbocycles. The first-order chi connectivity index (χ1) is 10.3. The van der Waals surface area contributed by atoms with Crippen LogP contribution >= 0.6 is 8.15 Å². The summed E-state index contributed by atoms with van der Waals surface area (Å²) in [7, 11) is -0.643. The lowest BCUT2D eigenvalue weighted by atomic mass is 10.0. The van der Waals surface area contributed by atoms with Gasteiger partial charge in [-0.2, -0.15) is 0 Å². The van der Waals surface area contributed by atoms with Crippen LogP contribution in [0.3, 0.4) is 0 Å². The Morgan fingerprint density at radius 3 is 1.10 bits per heavy atom. The molecule has 1 N–H and O–H groups in total. The largest absolute Gasteiger partial charge is 0.374 e. The summed E-state index contributed by atoms with van der Waals surface area (Å²) in [6.07, 6.45) is 23.7. The molecule has 0 rings (SSSR count). The molecule has 0 aromatic rings. The summed E-state index contributed by atoms with van der Waals surface area (Å²) < 4.78 is 0. The van der Waals surface area contributed by atoms with Crippen LogP contribution in [-0.2, 0) is 0 Å². The van der Waals surface area contributed by atoms with Gasteiger partial charge in [-0.3, -0.25) is 0 Å². The Morgan fingerprint density at radius 1 is 0.524 bits per heavy atom. The Bertz CT molecular complexity index is 182. The van der Waals surface area contributed by atoms with E-state index in [2.05, 4.69) is 6.92 Å². The number of rotatable bonds is 17. The molecule has 0 amide bonds. The molecule has 0 aliphatic rings. The van der Waals surface area contributed by atoms with Crippen molar-refractivity contribution < 1.29 is 4.89 Å². The van der Waals surface area contributed by atoms with Crippen LogP contribution in [0.5, 0.6) is 0 Å². The van der Waals surface area contributed by atoms with Gasteiger partial charge in [-0.25, -0.2) is 0 Å². The number of hydrogen-bond donors (Lipinski definition) is 1. The summed E-state index contributed by atoms with van der Waals surface area (Å²) in [5.74, 6) is 0. The van der Waals surface area contributed by atoms with Crippen molar-refractivity contribution in [2.75, 3.05) is 12.8 Å². The summed E-state index contributed by atoms with van der Waals surface area (Å²) in [6.45, 7) is 4.25. The van der Waals surface area contributed by atoms with Gasteiger partial charge in [-0.05, 0) is 19.2 Å². The van der Waals surface area contributed by atoms with Gasteiger partial charge in [0.1, 0.15) is 0 Å². The smallest absolute Gasteiger partial charge is 0.0219 e. The molecule has 21 heavy (non-hydrogen) atoms. The average Bonchev–Trinajstić information content (AvgIpc) is 2.46. The number of unbranched alkanes of at least 4 members (excludes halogenated alkanes) is 15. The van der Waals surface area contributed by atoms with Crippen LogP contribution in [0.1, 0.15) is 110 Å². The standard InChI is InChI=1S/C19H41OP/c1-3-4-5-6-7-8-9-10-11-12-13-14-15-16-17-18-19-21(2)20/h20H,3-19H2,1-2H3. The van der Waals surface area contributed by atoms with E-state index in [0.29, 0.717) is 0 Å². The molecule has 0 radical (unpaired) electrons. The molecular weight excluding hydrogens is 275 g/mol. The second kappa shape index (κ2) is 18.4. The SMILES string of the molecule is CCCCCCCCCCCCCCCCCCP(C)O. The van der Waals surface area contributed by atoms with Gasteiger partial charge in [0.25, 0.3) is 0 Å². The molecule has 1 unspecified atom stereocenters. The predicted octanol–water partition coefficient (Wildman–Crippen LogP) is 7.27. The highest BCUT2D eigenvalue weighted by Gasteiger charge is 1.96. The van der Waals surface area contributed by atoms with Crippen LogP contribution in [0.15, 0.2) is 0 Å². The fourth-order valence-electron chi connectivity index (χ4n) is 2.89. The van der Waals surface area contributed by atoms with E-state index < -0.39 is 8.15 Å². The maximum absolute atomic E-state index is 9.23. The van der Waals surface area contributed by atoms with E-state index >= 15 is 0 Å². The molecule has 0 aromatic heterocycles. The molecule has 1 nitrogen and oxygen atoms in total. The van der Waals surface area contributed by atoms with Crippen molar-refractivity contribution in [3.63, 3.8) is 0 Å². The van der Waals surface area contributed by atoms with Crippen molar-refractivity contribution in [2.24, 2.45) is 0 Å². The van der Waals surface area contributed by atoms with Gasteiger partial charge in [0.05, 0.1) is 0 Å². The molecule has 0 aliphatic carbocycles. The van der Waals surface area contributed by atoms with Crippen molar-refractivity contribution in [2.45, 2.75) is 110 Å². The lowest BCUT2D eigenvalue weighted by Gasteiger charge is -2.04. The molecule has 128 valence electrons. The predicted molar refractivity (Wildman–Crippen MR) is 99.5 cm³/mol. The zero-order chi connectivity index (χ0) is 15.6. The maximum atomic E-state index is 9.23. The molecule has 0 heterocycles. The van der Waals surface area contributed by atoms with Crippen LogP contribution in [-0.4, -0.2) is 17.7 Å². The van der Waals surface area contributed by atoms with Gasteiger partial charge < -0.3 is 4.89 Å². The quantitative estimate of drug-likeness (QED) is 0.221. The van der Waals surface area contributed by atoms with Gasteiger partial charge in [-0.1, -0.05) is 103 Å². The van der Waals surface area contributed by atoms with Crippen molar-refractivity contribution in [1.29, 1.82) is 0 Å². The van der Waals surface area contributed by atoms with Crippen LogP contribution in [0.4, 0.5) is 0 Å². The Kier molecular flexibility index (Phi) is 18.8. The Labute approximate surface area is 136 Å². The third kappa shape index (κ3) is 20.4. The molecule has 0 spiro atoms. The van der Waals surface area contributed by atoms with E-state index in [1.165, 1.54) is 103 Å². The van der Waals surface area contributed by atoms with Gasteiger partial charge in [0.15, 0.2) is 0 Å². The van der Waals surface area contributed by atoms with E-state index in [0.717, 1.165) is 6.16 Å². The zero-order valence-electron chi connectivity index (χ0n) is 14.9. The highest BCUT2D eigenvalue weighted by Crippen LogP contribution is 2.25. The van der Waals surface area contributed by atoms with Gasteiger partial charge in [-0.15, -0.1) is 0 Å². The average molecular weight is 317 g/mol. The highest BCUT2D eigenvalue weighted by molar-refractivity contribution is 7.50. The molecule has 0 bridgehead atoms. The van der Waals surface area contributed by atoms with Crippen molar-refractivity contribution in [3.8, 4) is 0 Å². The van der Waals surface area contributed by atoms with Crippen LogP contribution in [0.25, 0.3) is 0 Å². The first-order valence-electron chi connectivity index (χ1n) is 9.67. The monoisotopic (exact) mass is 316 g/mol. The lowest BCUT2D eigenvalue weighted by molar-refractivity contribution is 0.531. The third-order valence-electron chi connectivity index (χ3n) is 4.34. The minimum atomic E-state index is -0.643. The van der Waals surface area contributed by atoms with Crippen molar-refractivity contribution >= 4 is 8.15 Å². The first kappa shape index (κ1) is 21.4. The minimum absolute atomic E-state index is 0.643. The lowest BCUT2D eigenvalue weighted by Crippen LogP contribution is -1.85. The molecule has 0 saturated heterocycles. The Morgan fingerprint density at radius 2 is 0.810 bits per heavy atom. The molecule has 0 fully saturated rings. The van der Waals surface area contributed by atoms with E-state index in [4.69, 9.17) is 0 Å². The number of hydrogen-bond acceptors (Lipinski definition) is 1. The fourth-order valence-corrected chi connectivity index (χ4v) is 3.57. The van der Waals surface area contributed by atoms with Crippen molar-refractivity contribution in [1.82, 2.24) is 0 Å². The Hall–Kier alpha value is 0.390. The zero-order valence-corrected chi connectivity index (χ0v) is 15.8. The Balaban J connectivity index is 2.93. The second-order valence-corrected chi connectivity index (χ2v) is 8.45. The third-order valence-corrected chi connectivity index (χ3v) is 5.30. The maximum Gasteiger partial charge on any atom is 0.0219 e. The normalized spacial score (nSPS) is 12.7. The summed E-state index contributed by atoms with van der Waals surface area (Å²) in [6, 6.07) is 0. The highest BCUT2D eigenvalue weighted by atomic mass is 31.1. The van der Waals surface area contributed by atoms with Crippen LogP contribution < -0.4 is 0 Å². The van der Waals surface area contributed by atoms with Gasteiger partial charge in [0.2, 0.25) is 0 Å². The summed E-state index contributed by atoms with van der Waals surface area (Å²) in [4.78, 5) is 9.23. The van der Waals surface area contributed by atoms with Crippen molar-refractivity contribution in [3.05, 3.63) is 0 Å².